The van der Waals surface area contributed by atoms with Crippen LogP contribution in [0.4, 0.5) is 4.79 Å². The molecule has 0 fully saturated rings. The van der Waals surface area contributed by atoms with E-state index >= 15 is 0 Å². The van der Waals surface area contributed by atoms with Gasteiger partial charge in [-0.15, -0.1) is 0 Å². The maximum Gasteiger partial charge on any atom is 0.419 e. The number of benzene rings is 1. The first-order valence-electron chi connectivity index (χ1n) is 16.2. The molecule has 1 amide bonds. The molecular formula is C36H51N3O9. The molecule has 1 aromatic heterocycles. The van der Waals surface area contributed by atoms with Crippen molar-refractivity contribution in [2.24, 2.45) is 17.8 Å². The molecule has 2 aromatic rings. The average molecular weight is 670 g/mol. The lowest BCUT2D eigenvalue weighted by Crippen LogP contribution is -2.46. The molecule has 2 rings (SSSR count). The van der Waals surface area contributed by atoms with E-state index in [1.165, 1.54) is 24.0 Å². The van der Waals surface area contributed by atoms with Gasteiger partial charge in [0.1, 0.15) is 29.9 Å². The number of carbonyl (C=O) groups excluding carboxylic acids is 6. The van der Waals surface area contributed by atoms with Gasteiger partial charge in [-0.1, -0.05) is 44.2 Å². The molecule has 0 spiro atoms. The monoisotopic (exact) mass is 669 g/mol. The van der Waals surface area contributed by atoms with Gasteiger partial charge in [0.25, 0.3) is 0 Å². The Kier molecular flexibility index (Phi) is 14.7. The van der Waals surface area contributed by atoms with Gasteiger partial charge < -0.3 is 19.5 Å². The number of carbonyl (C=O) groups is 6. The smallest absolute Gasteiger partial charge is 0.419 e. The van der Waals surface area contributed by atoms with E-state index in [0.29, 0.717) is 5.69 Å². The summed E-state index contributed by atoms with van der Waals surface area (Å²) in [6.07, 6.45) is 1.46. The Morgan fingerprint density at radius 3 is 2.06 bits per heavy atom. The molecule has 3 atom stereocenters. The third-order valence-corrected chi connectivity index (χ3v) is 7.25. The van der Waals surface area contributed by atoms with E-state index < -0.39 is 58.8 Å². The normalized spacial score (nSPS) is 13.6. The van der Waals surface area contributed by atoms with Crippen LogP contribution in [0.3, 0.4) is 0 Å². The second-order valence-electron chi connectivity index (χ2n) is 14.3. The van der Waals surface area contributed by atoms with Crippen molar-refractivity contribution in [3.05, 3.63) is 54.1 Å². The van der Waals surface area contributed by atoms with Gasteiger partial charge in [0.2, 0.25) is 5.91 Å². The summed E-state index contributed by atoms with van der Waals surface area (Å²) >= 11 is 0. The number of Topliss-reactive ketones (excluding diaryl/α,β-unsaturated/α-hetero) is 2. The molecule has 1 heterocycles. The summed E-state index contributed by atoms with van der Waals surface area (Å²) in [7, 11) is 0. The highest BCUT2D eigenvalue weighted by molar-refractivity contribution is 5.94. The Labute approximate surface area is 283 Å². The minimum atomic E-state index is -1.13. The van der Waals surface area contributed by atoms with Crippen molar-refractivity contribution >= 4 is 35.5 Å². The van der Waals surface area contributed by atoms with Gasteiger partial charge in [-0.3, -0.25) is 24.0 Å². The second kappa shape index (κ2) is 17.7. The molecule has 0 saturated heterocycles. The lowest BCUT2D eigenvalue weighted by Gasteiger charge is -2.25. The van der Waals surface area contributed by atoms with E-state index in [9.17, 15) is 28.8 Å². The highest BCUT2D eigenvalue weighted by Crippen LogP contribution is 2.21. The second-order valence-corrected chi connectivity index (χ2v) is 14.3. The fourth-order valence-electron chi connectivity index (χ4n) is 4.74. The average Bonchev–Trinajstić information content (AvgIpc) is 3.44. The quantitative estimate of drug-likeness (QED) is 0.181. The Morgan fingerprint density at radius 2 is 1.50 bits per heavy atom. The van der Waals surface area contributed by atoms with Crippen molar-refractivity contribution in [2.45, 2.75) is 118 Å². The zero-order valence-electron chi connectivity index (χ0n) is 29.7. The molecular weight excluding hydrogens is 618 g/mol. The zero-order chi connectivity index (χ0) is 36.2. The SMILES string of the molecule is CC(=O)[C@@H](CC(=O)[C@H](CCC(=O)OC(C)(C)C)NC(=O)[C@@H](CC(=O)OCc1ccccc1)C(C)C)Cc1cn(C(=O)OC(C)(C)C)cn1. The van der Waals surface area contributed by atoms with Crippen LogP contribution in [0, 0.1) is 17.8 Å². The van der Waals surface area contributed by atoms with Crippen LogP contribution in [-0.2, 0) is 51.2 Å². The summed E-state index contributed by atoms with van der Waals surface area (Å²) < 4.78 is 17.3. The van der Waals surface area contributed by atoms with Gasteiger partial charge in [0, 0.05) is 31.4 Å². The fraction of sp³-hybridized carbons (Fsp3) is 0.583. The van der Waals surface area contributed by atoms with Crippen LogP contribution in [0.15, 0.2) is 42.9 Å². The fourth-order valence-corrected chi connectivity index (χ4v) is 4.74. The van der Waals surface area contributed by atoms with Crippen LogP contribution in [0.2, 0.25) is 0 Å². The summed E-state index contributed by atoms with van der Waals surface area (Å²) in [5.74, 6) is -4.30. The van der Waals surface area contributed by atoms with Gasteiger partial charge >= 0.3 is 18.0 Å². The summed E-state index contributed by atoms with van der Waals surface area (Å²) in [5.41, 5.74) is -0.255. The first kappa shape index (κ1) is 39.8. The lowest BCUT2D eigenvalue weighted by molar-refractivity contribution is -0.155. The molecule has 0 saturated carbocycles. The number of imidazole rings is 1. The summed E-state index contributed by atoms with van der Waals surface area (Å²) in [4.78, 5) is 81.8. The maximum absolute atomic E-state index is 13.7. The summed E-state index contributed by atoms with van der Waals surface area (Å²) in [6, 6.07) is 8.02. The van der Waals surface area contributed by atoms with Crippen LogP contribution >= 0.6 is 0 Å². The number of hydrogen-bond acceptors (Lipinski definition) is 10. The Hall–Kier alpha value is -4.35. The molecule has 0 bridgehead atoms. The van der Waals surface area contributed by atoms with E-state index in [2.05, 4.69) is 10.3 Å². The Morgan fingerprint density at radius 1 is 0.875 bits per heavy atom. The van der Waals surface area contributed by atoms with Crippen LogP contribution in [0.25, 0.3) is 0 Å². The van der Waals surface area contributed by atoms with Gasteiger partial charge in [-0.2, -0.15) is 0 Å². The number of nitrogens with zero attached hydrogens (tertiary/aromatic N) is 2. The standard InChI is InChI=1S/C36H51N3O9/c1-23(2)28(19-32(43)46-21-25-13-11-10-12-14-25)33(44)38-29(15-16-31(42)47-35(4,5)6)30(41)18-26(24(3)40)17-27-20-39(22-37-27)34(45)48-36(7,8)9/h10-14,20,22-23,26,28-29H,15-19,21H2,1-9H3,(H,38,44)/t26-,28+,29+/m1/s1. The molecule has 1 aromatic carbocycles. The molecule has 0 aliphatic heterocycles. The zero-order valence-corrected chi connectivity index (χ0v) is 29.7. The lowest BCUT2D eigenvalue weighted by atomic mass is 9.88. The van der Waals surface area contributed by atoms with Crippen molar-refractivity contribution in [2.75, 3.05) is 0 Å². The molecule has 0 aliphatic carbocycles. The van der Waals surface area contributed by atoms with Crippen molar-refractivity contribution in [3.8, 4) is 0 Å². The number of amides is 1. The Balaban J connectivity index is 2.19. The number of hydrogen-bond donors (Lipinski definition) is 1. The van der Waals surface area contributed by atoms with Crippen LogP contribution in [0.5, 0.6) is 0 Å². The molecule has 12 nitrogen and oxygen atoms in total. The van der Waals surface area contributed by atoms with E-state index in [-0.39, 0.29) is 50.4 Å². The Bertz CT molecular complexity index is 1420. The van der Waals surface area contributed by atoms with Crippen molar-refractivity contribution in [1.82, 2.24) is 14.9 Å². The molecule has 0 unspecified atom stereocenters. The number of rotatable bonds is 16. The number of ketones is 2. The molecule has 264 valence electrons. The highest BCUT2D eigenvalue weighted by atomic mass is 16.6. The minimum absolute atomic E-state index is 0.0610. The van der Waals surface area contributed by atoms with Gasteiger partial charge in [-0.05, 0) is 66.4 Å². The minimum Gasteiger partial charge on any atom is -0.461 e. The van der Waals surface area contributed by atoms with Gasteiger partial charge in [-0.25, -0.2) is 14.3 Å². The van der Waals surface area contributed by atoms with E-state index in [0.717, 1.165) is 5.56 Å². The van der Waals surface area contributed by atoms with Gasteiger partial charge in [0.05, 0.1) is 24.1 Å². The van der Waals surface area contributed by atoms with Crippen LogP contribution < -0.4 is 5.32 Å². The van der Waals surface area contributed by atoms with E-state index in [1.54, 1.807) is 55.4 Å². The van der Waals surface area contributed by atoms with E-state index in [1.807, 2.05) is 30.3 Å². The van der Waals surface area contributed by atoms with Crippen molar-refractivity contribution < 1.29 is 43.0 Å². The number of aromatic nitrogens is 2. The molecule has 0 aliphatic rings. The van der Waals surface area contributed by atoms with Gasteiger partial charge in [0.15, 0.2) is 5.78 Å². The molecule has 12 heteroatoms. The van der Waals surface area contributed by atoms with Crippen molar-refractivity contribution in [1.29, 1.82) is 0 Å². The summed E-state index contributed by atoms with van der Waals surface area (Å²) in [5, 5.41) is 2.75. The number of nitrogens with one attached hydrogen (secondary N) is 1. The predicted molar refractivity (Wildman–Crippen MR) is 178 cm³/mol. The summed E-state index contributed by atoms with van der Waals surface area (Å²) in [6.45, 7) is 15.4. The highest BCUT2D eigenvalue weighted by Gasteiger charge is 2.32. The topological polar surface area (TPSA) is 160 Å². The third-order valence-electron chi connectivity index (χ3n) is 7.25. The number of ether oxygens (including phenoxy) is 3. The molecule has 48 heavy (non-hydrogen) atoms. The molecule has 0 radical (unpaired) electrons. The van der Waals surface area contributed by atoms with Crippen LogP contribution in [0.1, 0.15) is 99.3 Å². The maximum atomic E-state index is 13.7. The first-order chi connectivity index (χ1) is 22.2. The largest absolute Gasteiger partial charge is 0.461 e. The van der Waals surface area contributed by atoms with E-state index in [4.69, 9.17) is 14.2 Å². The molecule has 1 N–H and O–H groups in total. The predicted octanol–water partition coefficient (Wildman–Crippen LogP) is 5.39. The van der Waals surface area contributed by atoms with Crippen molar-refractivity contribution in [3.63, 3.8) is 0 Å². The number of esters is 2. The first-order valence-corrected chi connectivity index (χ1v) is 16.2. The third kappa shape index (κ3) is 14.6. The van der Waals surface area contributed by atoms with Crippen LogP contribution in [-0.4, -0.2) is 62.3 Å².